The van der Waals surface area contributed by atoms with E-state index in [0.717, 1.165) is 26.2 Å². The van der Waals surface area contributed by atoms with Crippen molar-refractivity contribution >= 4 is 0 Å². The second-order valence-corrected chi connectivity index (χ2v) is 4.60. The molecule has 0 radical (unpaired) electrons. The summed E-state index contributed by atoms with van der Waals surface area (Å²) in [6, 6.07) is 0.617. The number of hydrogen-bond donors (Lipinski definition) is 1. The minimum atomic E-state index is 0.617. The van der Waals surface area contributed by atoms with Crippen LogP contribution in [0.1, 0.15) is 46.5 Å². The van der Waals surface area contributed by atoms with Crippen molar-refractivity contribution in [1.29, 1.82) is 0 Å². The van der Waals surface area contributed by atoms with Gasteiger partial charge in [0, 0.05) is 6.04 Å². The van der Waals surface area contributed by atoms with Gasteiger partial charge in [-0.15, -0.1) is 6.42 Å². The summed E-state index contributed by atoms with van der Waals surface area (Å²) < 4.78 is 0. The van der Waals surface area contributed by atoms with E-state index >= 15 is 0 Å². The van der Waals surface area contributed by atoms with Gasteiger partial charge in [-0.1, -0.05) is 39.5 Å². The molecule has 0 bridgehead atoms. The average Bonchev–Trinajstić information content (AvgIpc) is 2.26. The van der Waals surface area contributed by atoms with E-state index in [9.17, 15) is 0 Å². The predicted molar refractivity (Wildman–Crippen MR) is 72.6 cm³/mol. The van der Waals surface area contributed by atoms with E-state index < -0.39 is 0 Å². The van der Waals surface area contributed by atoms with Crippen LogP contribution in [0, 0.1) is 12.3 Å². The first-order valence-corrected chi connectivity index (χ1v) is 6.59. The number of nitrogens with zero attached hydrogens (tertiary/aromatic N) is 1. The molecule has 0 aliphatic carbocycles. The normalized spacial score (nSPS) is 11.0. The standard InChI is InChI=1S/C14H28N2/c1-5-12-16(6-2)13-10-8-7-9-11-15-14(3)4/h1,14-15H,6-13H2,2-4H3. The molecule has 0 aromatic heterocycles. The van der Waals surface area contributed by atoms with Gasteiger partial charge in [-0.25, -0.2) is 0 Å². The first kappa shape index (κ1) is 15.5. The molecule has 2 nitrogen and oxygen atoms in total. The summed E-state index contributed by atoms with van der Waals surface area (Å²) in [4.78, 5) is 2.33. The molecule has 2 heteroatoms. The number of unbranched alkanes of at least 4 members (excludes halogenated alkanes) is 3. The first-order chi connectivity index (χ1) is 7.70. The van der Waals surface area contributed by atoms with E-state index in [0.29, 0.717) is 6.04 Å². The largest absolute Gasteiger partial charge is 0.315 e. The van der Waals surface area contributed by atoms with Crippen LogP contribution in [0.3, 0.4) is 0 Å². The second kappa shape index (κ2) is 11.0. The Kier molecular flexibility index (Phi) is 10.6. The van der Waals surface area contributed by atoms with Crippen LogP contribution in [0.4, 0.5) is 0 Å². The van der Waals surface area contributed by atoms with Gasteiger partial charge < -0.3 is 5.32 Å². The van der Waals surface area contributed by atoms with Gasteiger partial charge in [0.25, 0.3) is 0 Å². The van der Waals surface area contributed by atoms with Crippen LogP contribution in [0.15, 0.2) is 0 Å². The molecule has 0 aliphatic heterocycles. The summed E-state index contributed by atoms with van der Waals surface area (Å²) in [6.45, 7) is 10.7. The predicted octanol–water partition coefficient (Wildman–Crippen LogP) is 2.50. The lowest BCUT2D eigenvalue weighted by Gasteiger charge is -2.16. The summed E-state index contributed by atoms with van der Waals surface area (Å²) >= 11 is 0. The summed E-state index contributed by atoms with van der Waals surface area (Å²) in [5, 5.41) is 3.44. The molecule has 1 N–H and O–H groups in total. The van der Waals surface area contributed by atoms with Crippen molar-refractivity contribution in [2.75, 3.05) is 26.2 Å². The zero-order valence-corrected chi connectivity index (χ0v) is 11.3. The molecule has 0 aromatic carbocycles. The Morgan fingerprint density at radius 3 is 2.44 bits per heavy atom. The zero-order valence-electron chi connectivity index (χ0n) is 11.3. The third-order valence-corrected chi connectivity index (χ3v) is 2.72. The van der Waals surface area contributed by atoms with Gasteiger partial charge in [0.05, 0.1) is 6.54 Å². The molecule has 0 rings (SSSR count). The molecule has 0 aromatic rings. The van der Waals surface area contributed by atoms with Crippen LogP contribution in [0.5, 0.6) is 0 Å². The summed E-state index contributed by atoms with van der Waals surface area (Å²) in [5.74, 6) is 2.71. The van der Waals surface area contributed by atoms with Crippen molar-refractivity contribution in [2.45, 2.75) is 52.5 Å². The highest BCUT2D eigenvalue weighted by atomic mass is 15.1. The number of rotatable bonds is 10. The quantitative estimate of drug-likeness (QED) is 0.453. The highest BCUT2D eigenvalue weighted by molar-refractivity contribution is 4.87. The Hall–Kier alpha value is -0.520. The molecule has 0 atom stereocenters. The Morgan fingerprint density at radius 1 is 1.19 bits per heavy atom. The van der Waals surface area contributed by atoms with Gasteiger partial charge in [-0.3, -0.25) is 4.90 Å². The van der Waals surface area contributed by atoms with Crippen LogP contribution < -0.4 is 5.32 Å². The number of terminal acetylenes is 1. The average molecular weight is 224 g/mol. The highest BCUT2D eigenvalue weighted by Crippen LogP contribution is 2.01. The van der Waals surface area contributed by atoms with Crippen LogP contribution in [0.25, 0.3) is 0 Å². The van der Waals surface area contributed by atoms with E-state index in [-0.39, 0.29) is 0 Å². The molecule has 0 saturated heterocycles. The maximum absolute atomic E-state index is 5.30. The fourth-order valence-corrected chi connectivity index (χ4v) is 1.68. The molecule has 0 amide bonds. The topological polar surface area (TPSA) is 15.3 Å². The summed E-state index contributed by atoms with van der Waals surface area (Å²) in [6.07, 6.45) is 10.5. The zero-order chi connectivity index (χ0) is 12.2. The lowest BCUT2D eigenvalue weighted by atomic mass is 10.2. The highest BCUT2D eigenvalue weighted by Gasteiger charge is 1.99. The Balaban J connectivity index is 3.23. The molecule has 0 heterocycles. The van der Waals surface area contributed by atoms with Crippen LogP contribution >= 0.6 is 0 Å². The Morgan fingerprint density at radius 2 is 1.88 bits per heavy atom. The molecule has 0 spiro atoms. The molecular formula is C14H28N2. The summed E-state index contributed by atoms with van der Waals surface area (Å²) in [7, 11) is 0. The van der Waals surface area contributed by atoms with Crippen LogP contribution in [0.2, 0.25) is 0 Å². The van der Waals surface area contributed by atoms with Crippen molar-refractivity contribution in [1.82, 2.24) is 10.2 Å². The van der Waals surface area contributed by atoms with Crippen LogP contribution in [-0.2, 0) is 0 Å². The molecule has 0 aliphatic rings. The van der Waals surface area contributed by atoms with E-state index in [1.54, 1.807) is 0 Å². The first-order valence-electron chi connectivity index (χ1n) is 6.59. The van der Waals surface area contributed by atoms with Gasteiger partial charge in [0.1, 0.15) is 0 Å². The van der Waals surface area contributed by atoms with Gasteiger partial charge in [-0.2, -0.15) is 0 Å². The maximum Gasteiger partial charge on any atom is 0.0598 e. The van der Waals surface area contributed by atoms with E-state index in [4.69, 9.17) is 6.42 Å². The molecule has 94 valence electrons. The van der Waals surface area contributed by atoms with Crippen molar-refractivity contribution in [3.8, 4) is 12.3 Å². The van der Waals surface area contributed by atoms with E-state index in [1.165, 1.54) is 25.7 Å². The van der Waals surface area contributed by atoms with Crippen LogP contribution in [-0.4, -0.2) is 37.1 Å². The number of hydrogen-bond acceptors (Lipinski definition) is 2. The lowest BCUT2D eigenvalue weighted by molar-refractivity contribution is 0.314. The Labute approximate surface area is 102 Å². The fourth-order valence-electron chi connectivity index (χ4n) is 1.68. The van der Waals surface area contributed by atoms with Gasteiger partial charge in [0.2, 0.25) is 0 Å². The monoisotopic (exact) mass is 224 g/mol. The molecule has 0 unspecified atom stereocenters. The Bertz CT molecular complexity index is 182. The van der Waals surface area contributed by atoms with Crippen molar-refractivity contribution in [3.63, 3.8) is 0 Å². The maximum atomic E-state index is 5.30. The molecule has 0 saturated carbocycles. The third-order valence-electron chi connectivity index (χ3n) is 2.72. The van der Waals surface area contributed by atoms with E-state index in [2.05, 4.69) is 36.9 Å². The van der Waals surface area contributed by atoms with E-state index in [1.807, 2.05) is 0 Å². The van der Waals surface area contributed by atoms with Gasteiger partial charge >= 0.3 is 0 Å². The second-order valence-electron chi connectivity index (χ2n) is 4.60. The molecule has 0 fully saturated rings. The van der Waals surface area contributed by atoms with Gasteiger partial charge in [0.15, 0.2) is 0 Å². The SMILES string of the molecule is C#CCN(CC)CCCCCCNC(C)C. The lowest BCUT2D eigenvalue weighted by Crippen LogP contribution is -2.25. The van der Waals surface area contributed by atoms with Crippen molar-refractivity contribution < 1.29 is 0 Å². The fraction of sp³-hybridized carbons (Fsp3) is 0.857. The molecular weight excluding hydrogens is 196 g/mol. The number of nitrogens with one attached hydrogen (secondary N) is 1. The van der Waals surface area contributed by atoms with Gasteiger partial charge in [-0.05, 0) is 32.5 Å². The minimum absolute atomic E-state index is 0.617. The van der Waals surface area contributed by atoms with Crippen molar-refractivity contribution in [3.05, 3.63) is 0 Å². The van der Waals surface area contributed by atoms with Crippen molar-refractivity contribution in [2.24, 2.45) is 0 Å². The smallest absolute Gasteiger partial charge is 0.0598 e. The minimum Gasteiger partial charge on any atom is -0.315 e. The molecule has 16 heavy (non-hydrogen) atoms. The summed E-state index contributed by atoms with van der Waals surface area (Å²) in [5.41, 5.74) is 0. The third kappa shape index (κ3) is 10.0.